The number of nitrogens with one attached hydrogen (secondary N) is 1. The number of nitrogens with zero attached hydrogens (tertiary/aromatic N) is 2. The molecule has 0 unspecified atom stereocenters. The first-order chi connectivity index (χ1) is 11.0. The van der Waals surface area contributed by atoms with Gasteiger partial charge in [0.15, 0.2) is 12.4 Å². The summed E-state index contributed by atoms with van der Waals surface area (Å²) in [6, 6.07) is 7.42. The van der Waals surface area contributed by atoms with E-state index >= 15 is 0 Å². The van der Waals surface area contributed by atoms with Crippen LogP contribution in [0.15, 0.2) is 44.3 Å². The molecule has 10 heteroatoms. The van der Waals surface area contributed by atoms with Gasteiger partial charge in [-0.1, -0.05) is 11.6 Å². The summed E-state index contributed by atoms with van der Waals surface area (Å²) in [4.78, 5) is 21.3. The minimum absolute atomic E-state index is 0.137. The fraction of sp³-hybridized carbons (Fsp3) is 0.0769. The van der Waals surface area contributed by atoms with Crippen LogP contribution in [0, 0.1) is 10.1 Å². The van der Waals surface area contributed by atoms with E-state index in [0.29, 0.717) is 15.2 Å². The number of hydrogen-bond donors (Lipinski definition) is 1. The molecule has 0 atom stereocenters. The van der Waals surface area contributed by atoms with Gasteiger partial charge in [0, 0.05) is 5.02 Å². The number of hydrogen-bond acceptors (Lipinski definition) is 6. The number of carbonyl (C=O) groups is 1. The Hall–Kier alpha value is -2.39. The Morgan fingerprint density at radius 1 is 1.48 bits per heavy atom. The first-order valence-corrected chi connectivity index (χ1v) is 7.27. The van der Waals surface area contributed by atoms with Crippen molar-refractivity contribution >= 4 is 45.5 Å². The lowest BCUT2D eigenvalue weighted by Crippen LogP contribution is -2.24. The Bertz CT molecular complexity index is 762. The molecule has 1 N–H and O–H groups in total. The molecule has 1 aromatic heterocycles. The van der Waals surface area contributed by atoms with Gasteiger partial charge < -0.3 is 9.15 Å². The normalized spacial score (nSPS) is 10.7. The zero-order chi connectivity index (χ0) is 16.8. The number of benzene rings is 1. The molecule has 1 heterocycles. The van der Waals surface area contributed by atoms with E-state index in [9.17, 15) is 14.9 Å². The predicted octanol–water partition coefficient (Wildman–Crippen LogP) is 3.13. The molecule has 23 heavy (non-hydrogen) atoms. The molecule has 2 aromatic rings. The number of rotatable bonds is 6. The minimum atomic E-state index is -0.673. The van der Waals surface area contributed by atoms with Crippen LogP contribution in [0.3, 0.4) is 0 Å². The van der Waals surface area contributed by atoms with Gasteiger partial charge in [-0.15, -0.1) is 0 Å². The van der Waals surface area contributed by atoms with Crippen molar-refractivity contribution in [1.29, 1.82) is 0 Å². The number of amides is 1. The Morgan fingerprint density at radius 3 is 2.91 bits per heavy atom. The van der Waals surface area contributed by atoms with E-state index in [-0.39, 0.29) is 12.4 Å². The van der Waals surface area contributed by atoms with E-state index < -0.39 is 16.7 Å². The van der Waals surface area contributed by atoms with Crippen LogP contribution in [0.2, 0.25) is 5.02 Å². The third kappa shape index (κ3) is 5.08. The Balaban J connectivity index is 1.82. The molecule has 0 bridgehead atoms. The molecule has 2 rings (SSSR count). The van der Waals surface area contributed by atoms with E-state index in [1.807, 2.05) is 0 Å². The van der Waals surface area contributed by atoms with Crippen molar-refractivity contribution in [2.45, 2.75) is 0 Å². The summed E-state index contributed by atoms with van der Waals surface area (Å²) in [5.74, 6) is -0.327. The van der Waals surface area contributed by atoms with Gasteiger partial charge in [-0.2, -0.15) is 5.10 Å². The molecule has 1 aromatic carbocycles. The van der Waals surface area contributed by atoms with Crippen LogP contribution in [-0.2, 0) is 4.79 Å². The molecule has 1 amide bonds. The van der Waals surface area contributed by atoms with Gasteiger partial charge in [0.2, 0.25) is 0 Å². The highest BCUT2D eigenvalue weighted by atomic mass is 79.9. The van der Waals surface area contributed by atoms with Gasteiger partial charge >= 0.3 is 5.88 Å². The third-order valence-electron chi connectivity index (χ3n) is 2.43. The number of ether oxygens (including phenoxy) is 1. The van der Waals surface area contributed by atoms with Crippen molar-refractivity contribution in [2.24, 2.45) is 5.10 Å². The van der Waals surface area contributed by atoms with Crippen LogP contribution < -0.4 is 10.2 Å². The highest BCUT2D eigenvalue weighted by Gasteiger charge is 2.10. The van der Waals surface area contributed by atoms with Crippen LogP contribution >= 0.6 is 27.5 Å². The maximum Gasteiger partial charge on any atom is 0.433 e. The quantitative estimate of drug-likeness (QED) is 0.454. The van der Waals surface area contributed by atoms with E-state index in [1.54, 1.807) is 18.2 Å². The van der Waals surface area contributed by atoms with Crippen molar-refractivity contribution in [2.75, 3.05) is 6.61 Å². The van der Waals surface area contributed by atoms with Crippen molar-refractivity contribution in [3.63, 3.8) is 0 Å². The summed E-state index contributed by atoms with van der Waals surface area (Å²) < 4.78 is 10.7. The van der Waals surface area contributed by atoms with Crippen molar-refractivity contribution < 1.29 is 18.9 Å². The molecule has 0 aliphatic carbocycles. The molecule has 8 nitrogen and oxygen atoms in total. The van der Waals surface area contributed by atoms with E-state index in [1.165, 1.54) is 12.1 Å². The van der Waals surface area contributed by atoms with E-state index in [2.05, 4.69) is 26.5 Å². The first-order valence-electron chi connectivity index (χ1n) is 6.09. The van der Waals surface area contributed by atoms with Gasteiger partial charge in [0.1, 0.15) is 10.7 Å². The minimum Gasteiger partial charge on any atom is -0.483 e. The Morgan fingerprint density at radius 2 is 2.26 bits per heavy atom. The second-order valence-electron chi connectivity index (χ2n) is 4.09. The van der Waals surface area contributed by atoms with Gasteiger partial charge in [-0.3, -0.25) is 14.9 Å². The molecular weight excluding hydrogens is 394 g/mol. The largest absolute Gasteiger partial charge is 0.483 e. The van der Waals surface area contributed by atoms with Crippen LogP contribution in [0.1, 0.15) is 5.76 Å². The van der Waals surface area contributed by atoms with Crippen molar-refractivity contribution in [3.8, 4) is 5.75 Å². The van der Waals surface area contributed by atoms with Crippen molar-refractivity contribution in [3.05, 3.63) is 55.7 Å². The summed E-state index contributed by atoms with van der Waals surface area (Å²) in [6.45, 7) is -0.268. The fourth-order valence-electron chi connectivity index (χ4n) is 1.45. The van der Waals surface area contributed by atoms with E-state index in [4.69, 9.17) is 20.8 Å². The second kappa shape index (κ2) is 7.75. The van der Waals surface area contributed by atoms with Crippen LogP contribution in [0.25, 0.3) is 0 Å². The maximum atomic E-state index is 11.6. The van der Waals surface area contributed by atoms with Gasteiger partial charge in [-0.05, 0) is 40.2 Å². The predicted molar refractivity (Wildman–Crippen MR) is 85.7 cm³/mol. The standard InChI is InChI=1S/C13H9BrClN3O5/c14-10-5-8(15)1-3-11(10)22-7-12(19)17-16-6-9-2-4-13(23-9)18(20)21/h1-6H,7H2,(H,17,19)/b16-6+. The molecule has 120 valence electrons. The third-order valence-corrected chi connectivity index (χ3v) is 3.28. The fourth-order valence-corrected chi connectivity index (χ4v) is 2.24. The van der Waals surface area contributed by atoms with Crippen LogP contribution in [0.5, 0.6) is 5.75 Å². The number of hydrazone groups is 1. The summed E-state index contributed by atoms with van der Waals surface area (Å²) in [7, 11) is 0. The Labute approximate surface area is 143 Å². The van der Waals surface area contributed by atoms with Gasteiger partial charge in [0.25, 0.3) is 5.91 Å². The molecule has 0 saturated heterocycles. The number of furan rings is 1. The lowest BCUT2D eigenvalue weighted by atomic mass is 10.3. The highest BCUT2D eigenvalue weighted by molar-refractivity contribution is 9.10. The molecule has 0 spiro atoms. The van der Waals surface area contributed by atoms with Gasteiger partial charge in [0.05, 0.1) is 16.8 Å². The number of halogens is 2. The van der Waals surface area contributed by atoms with Crippen LogP contribution in [-0.4, -0.2) is 23.7 Å². The zero-order valence-corrected chi connectivity index (χ0v) is 13.7. The highest BCUT2D eigenvalue weighted by Crippen LogP contribution is 2.27. The smallest absolute Gasteiger partial charge is 0.433 e. The van der Waals surface area contributed by atoms with Crippen LogP contribution in [0.4, 0.5) is 5.88 Å². The lowest BCUT2D eigenvalue weighted by Gasteiger charge is -2.07. The summed E-state index contributed by atoms with van der Waals surface area (Å²) in [5, 5.41) is 14.6. The summed E-state index contributed by atoms with van der Waals surface area (Å²) in [5.41, 5.74) is 2.21. The molecule has 0 aliphatic rings. The zero-order valence-electron chi connectivity index (χ0n) is 11.4. The molecule has 0 radical (unpaired) electrons. The molecule has 0 aliphatic heterocycles. The average Bonchev–Trinajstić information content (AvgIpc) is 2.95. The lowest BCUT2D eigenvalue weighted by molar-refractivity contribution is -0.402. The second-order valence-corrected chi connectivity index (χ2v) is 5.38. The number of carbonyl (C=O) groups excluding carboxylic acids is 1. The van der Waals surface area contributed by atoms with Gasteiger partial charge in [-0.25, -0.2) is 5.43 Å². The molecule has 0 fully saturated rings. The first kappa shape index (κ1) is 17.0. The SMILES string of the molecule is O=C(COc1ccc(Cl)cc1Br)N/N=C/c1ccc([N+](=O)[O-])o1. The average molecular weight is 403 g/mol. The summed E-state index contributed by atoms with van der Waals surface area (Å²) >= 11 is 9.05. The topological polar surface area (TPSA) is 107 Å². The number of nitro groups is 1. The summed E-state index contributed by atoms with van der Waals surface area (Å²) in [6.07, 6.45) is 1.14. The van der Waals surface area contributed by atoms with E-state index in [0.717, 1.165) is 6.21 Å². The molecule has 0 saturated carbocycles. The van der Waals surface area contributed by atoms with Crippen molar-refractivity contribution in [1.82, 2.24) is 5.43 Å². The maximum absolute atomic E-state index is 11.6. The monoisotopic (exact) mass is 401 g/mol. The Kier molecular flexibility index (Phi) is 5.72. The molecular formula is C13H9BrClN3O5.